The number of allylic oxidation sites excluding steroid dienone is 3. The van der Waals surface area contributed by atoms with Gasteiger partial charge in [0.15, 0.2) is 0 Å². The monoisotopic (exact) mass is 495 g/mol. The van der Waals surface area contributed by atoms with E-state index >= 15 is 0 Å². The number of fused-ring (bicyclic) bond motifs is 1. The quantitative estimate of drug-likeness (QED) is 0.470. The third kappa shape index (κ3) is 5.84. The molecular formula is C29H41N3O4. The van der Waals surface area contributed by atoms with Crippen LogP contribution in [0, 0.1) is 11.8 Å². The highest BCUT2D eigenvalue weighted by molar-refractivity contribution is 5.78. The van der Waals surface area contributed by atoms with Crippen LogP contribution in [0.2, 0.25) is 0 Å². The first-order valence-electron chi connectivity index (χ1n) is 13.9. The molecule has 2 fully saturated rings. The van der Waals surface area contributed by atoms with E-state index in [9.17, 15) is 9.90 Å². The molecule has 0 aromatic carbocycles. The number of likely N-dealkylation sites (tertiary alicyclic amines) is 1. The van der Waals surface area contributed by atoms with E-state index in [4.69, 9.17) is 14.5 Å². The van der Waals surface area contributed by atoms with Gasteiger partial charge in [-0.05, 0) is 74.5 Å². The third-order valence-corrected chi connectivity index (χ3v) is 8.24. The molecule has 0 amide bonds. The van der Waals surface area contributed by atoms with Crippen molar-refractivity contribution in [3.63, 3.8) is 0 Å². The number of ether oxygens (including phenoxy) is 2. The number of pyridine rings is 1. The SMILES string of the molecule is CC1C=CC=C(C(C(=O)O)N2CC[C@@H](OCCCCc3ccc4c(n3)NCCC4)C2)C1C1CCCO1. The first kappa shape index (κ1) is 25.4. The predicted molar refractivity (Wildman–Crippen MR) is 140 cm³/mol. The Morgan fingerprint density at radius 3 is 3.06 bits per heavy atom. The molecule has 196 valence electrons. The van der Waals surface area contributed by atoms with Crippen molar-refractivity contribution in [2.75, 3.05) is 38.2 Å². The van der Waals surface area contributed by atoms with Crippen LogP contribution in [-0.4, -0.2) is 72.1 Å². The first-order chi connectivity index (χ1) is 17.6. The van der Waals surface area contributed by atoms with Crippen LogP contribution >= 0.6 is 0 Å². The maximum atomic E-state index is 12.5. The topological polar surface area (TPSA) is 83.9 Å². The number of carboxylic acids is 1. The Hall–Kier alpha value is -2.22. The van der Waals surface area contributed by atoms with Gasteiger partial charge in [-0.3, -0.25) is 9.69 Å². The van der Waals surface area contributed by atoms with Crippen LogP contribution in [0.3, 0.4) is 0 Å². The molecule has 5 atom stereocenters. The number of nitrogens with zero attached hydrogens (tertiary/aromatic N) is 2. The van der Waals surface area contributed by atoms with Crippen LogP contribution in [0.15, 0.2) is 35.9 Å². The fraction of sp³-hybridized carbons (Fsp3) is 0.655. The first-order valence-corrected chi connectivity index (χ1v) is 13.9. The number of unbranched alkanes of at least 4 members (excludes halogenated alkanes) is 1. The van der Waals surface area contributed by atoms with Gasteiger partial charge in [0.2, 0.25) is 0 Å². The Morgan fingerprint density at radius 2 is 2.22 bits per heavy atom. The van der Waals surface area contributed by atoms with Gasteiger partial charge in [-0.1, -0.05) is 31.2 Å². The van der Waals surface area contributed by atoms with Gasteiger partial charge >= 0.3 is 5.97 Å². The van der Waals surface area contributed by atoms with E-state index in [1.807, 2.05) is 12.2 Å². The summed E-state index contributed by atoms with van der Waals surface area (Å²) < 4.78 is 12.2. The van der Waals surface area contributed by atoms with Crippen molar-refractivity contribution in [1.82, 2.24) is 9.88 Å². The van der Waals surface area contributed by atoms with E-state index in [1.165, 1.54) is 12.0 Å². The Balaban J connectivity index is 1.10. The fourth-order valence-electron chi connectivity index (χ4n) is 6.39. The van der Waals surface area contributed by atoms with Crippen molar-refractivity contribution in [1.29, 1.82) is 0 Å². The molecule has 2 saturated heterocycles. The lowest BCUT2D eigenvalue weighted by atomic mass is 9.75. The predicted octanol–water partition coefficient (Wildman–Crippen LogP) is 4.23. The number of aromatic nitrogens is 1. The van der Waals surface area contributed by atoms with Gasteiger partial charge < -0.3 is 19.9 Å². The van der Waals surface area contributed by atoms with Crippen molar-refractivity contribution in [3.05, 3.63) is 47.2 Å². The highest BCUT2D eigenvalue weighted by Crippen LogP contribution is 2.38. The van der Waals surface area contributed by atoms with E-state index in [0.29, 0.717) is 13.2 Å². The zero-order valence-electron chi connectivity index (χ0n) is 21.5. The average Bonchev–Trinajstić information content (AvgIpc) is 3.57. The number of carbonyl (C=O) groups is 1. The summed E-state index contributed by atoms with van der Waals surface area (Å²) in [6, 6.07) is 3.77. The molecule has 0 spiro atoms. The van der Waals surface area contributed by atoms with Gasteiger partial charge in [0.25, 0.3) is 0 Å². The van der Waals surface area contributed by atoms with Crippen LogP contribution in [0.4, 0.5) is 5.82 Å². The molecule has 0 radical (unpaired) electrons. The van der Waals surface area contributed by atoms with E-state index < -0.39 is 12.0 Å². The standard InChI is InChI=1S/C29H41N3O4/c1-20-7-4-10-24(26(20)25-11-6-18-36-25)27(29(33)34)32-16-14-23(19-32)35-17-3-2-9-22-13-12-21-8-5-15-30-28(21)31-22/h4,7,10,12-13,20,23,25-27H,2-3,5-6,8-9,11,14-19H2,1H3,(H,30,31)(H,33,34)/t20?,23-,25?,26?,27?/m1/s1. The molecule has 4 aliphatic rings. The number of carboxylic acid groups (broad SMARTS) is 1. The fourth-order valence-corrected chi connectivity index (χ4v) is 6.39. The average molecular weight is 496 g/mol. The molecule has 3 aliphatic heterocycles. The third-order valence-electron chi connectivity index (χ3n) is 8.24. The summed E-state index contributed by atoms with van der Waals surface area (Å²) in [6.07, 6.45) is 14.7. The highest BCUT2D eigenvalue weighted by Gasteiger charge is 2.42. The van der Waals surface area contributed by atoms with E-state index in [1.54, 1.807) is 0 Å². The zero-order valence-corrected chi connectivity index (χ0v) is 21.5. The molecule has 7 heteroatoms. The Bertz CT molecular complexity index is 971. The minimum atomic E-state index is -0.764. The molecule has 36 heavy (non-hydrogen) atoms. The molecule has 1 aromatic rings. The molecule has 2 N–H and O–H groups in total. The molecule has 7 nitrogen and oxygen atoms in total. The molecule has 0 bridgehead atoms. The summed E-state index contributed by atoms with van der Waals surface area (Å²) in [4.78, 5) is 19.4. The molecule has 0 saturated carbocycles. The normalized spacial score (nSPS) is 29.0. The van der Waals surface area contributed by atoms with Gasteiger partial charge in [-0.2, -0.15) is 0 Å². The second kappa shape index (κ2) is 11.9. The molecule has 4 unspecified atom stereocenters. The van der Waals surface area contributed by atoms with Crippen molar-refractivity contribution in [3.8, 4) is 0 Å². The zero-order chi connectivity index (χ0) is 24.9. The lowest BCUT2D eigenvalue weighted by Gasteiger charge is -2.37. The van der Waals surface area contributed by atoms with Gasteiger partial charge in [0.1, 0.15) is 11.9 Å². The number of anilines is 1. The van der Waals surface area contributed by atoms with Gasteiger partial charge in [-0.15, -0.1) is 0 Å². The maximum absolute atomic E-state index is 12.5. The van der Waals surface area contributed by atoms with E-state index in [0.717, 1.165) is 81.7 Å². The van der Waals surface area contributed by atoms with E-state index in [2.05, 4.69) is 35.3 Å². The molecular weight excluding hydrogens is 454 g/mol. The Labute approximate surface area is 214 Å². The Kier molecular flexibility index (Phi) is 8.40. The van der Waals surface area contributed by atoms with Gasteiger partial charge in [0.05, 0.1) is 12.2 Å². The summed E-state index contributed by atoms with van der Waals surface area (Å²) in [5.41, 5.74) is 3.47. The minimum Gasteiger partial charge on any atom is -0.480 e. The number of hydrogen-bond acceptors (Lipinski definition) is 6. The summed E-state index contributed by atoms with van der Waals surface area (Å²) >= 11 is 0. The second-order valence-corrected chi connectivity index (χ2v) is 10.8. The Morgan fingerprint density at radius 1 is 1.31 bits per heavy atom. The van der Waals surface area contributed by atoms with Crippen LogP contribution in [0.5, 0.6) is 0 Å². The molecule has 5 rings (SSSR count). The molecule has 4 heterocycles. The summed E-state index contributed by atoms with van der Waals surface area (Å²) in [5, 5.41) is 13.7. The highest BCUT2D eigenvalue weighted by atomic mass is 16.5. The maximum Gasteiger partial charge on any atom is 0.325 e. The summed E-state index contributed by atoms with van der Waals surface area (Å²) in [6.45, 7) is 6.10. The summed E-state index contributed by atoms with van der Waals surface area (Å²) in [5.74, 6) is 0.712. The van der Waals surface area contributed by atoms with Crippen LogP contribution < -0.4 is 5.32 Å². The summed E-state index contributed by atoms with van der Waals surface area (Å²) in [7, 11) is 0. The smallest absolute Gasteiger partial charge is 0.325 e. The van der Waals surface area contributed by atoms with Crippen LogP contribution in [0.1, 0.15) is 56.7 Å². The van der Waals surface area contributed by atoms with Crippen molar-refractivity contribution in [2.45, 2.75) is 76.5 Å². The van der Waals surface area contributed by atoms with Crippen LogP contribution in [-0.2, 0) is 27.1 Å². The number of aliphatic carboxylic acids is 1. The minimum absolute atomic E-state index is 0.0938. The number of hydrogen-bond donors (Lipinski definition) is 2. The van der Waals surface area contributed by atoms with E-state index in [-0.39, 0.29) is 24.0 Å². The van der Waals surface area contributed by atoms with Crippen LogP contribution in [0.25, 0.3) is 0 Å². The largest absolute Gasteiger partial charge is 0.480 e. The lowest BCUT2D eigenvalue weighted by molar-refractivity contribution is -0.142. The number of aryl methyl sites for hydroxylation is 2. The molecule has 1 aliphatic carbocycles. The lowest BCUT2D eigenvalue weighted by Crippen LogP contribution is -2.46. The number of nitrogens with one attached hydrogen (secondary N) is 1. The van der Waals surface area contributed by atoms with Gasteiger partial charge in [-0.25, -0.2) is 4.98 Å². The van der Waals surface area contributed by atoms with Crippen molar-refractivity contribution >= 4 is 11.8 Å². The number of rotatable bonds is 10. The van der Waals surface area contributed by atoms with Crippen molar-refractivity contribution in [2.24, 2.45) is 11.8 Å². The molecule has 1 aromatic heterocycles. The van der Waals surface area contributed by atoms with Gasteiger partial charge in [0, 0.05) is 44.5 Å². The van der Waals surface area contributed by atoms with Crippen molar-refractivity contribution < 1.29 is 19.4 Å². The second-order valence-electron chi connectivity index (χ2n) is 10.8.